The maximum atomic E-state index is 6.19. The van der Waals surface area contributed by atoms with Crippen molar-refractivity contribution in [3.63, 3.8) is 0 Å². The summed E-state index contributed by atoms with van der Waals surface area (Å²) < 4.78 is 0. The van der Waals surface area contributed by atoms with E-state index in [1.165, 1.54) is 16.7 Å². The third kappa shape index (κ3) is 2.74. The van der Waals surface area contributed by atoms with Crippen LogP contribution in [0.1, 0.15) is 6.92 Å². The Morgan fingerprint density at radius 2 is 1.67 bits per heavy atom. The second-order valence-corrected chi connectivity index (χ2v) is 6.91. The van der Waals surface area contributed by atoms with Crippen LogP contribution in [-0.2, 0) is 0 Å². The van der Waals surface area contributed by atoms with E-state index in [-0.39, 0.29) is 12.9 Å². The molecule has 2 aliphatic rings. The van der Waals surface area contributed by atoms with Crippen LogP contribution in [0, 0.1) is 0 Å². The fourth-order valence-corrected chi connectivity index (χ4v) is 3.97. The molecule has 3 rings (SSSR count). The van der Waals surface area contributed by atoms with E-state index in [9.17, 15) is 0 Å². The SMILES string of the molecule is [B]B([B])B([B])/C(B([B])[B])=C1/B(C)B1N1c2ccccc2N(C)[C@@H]1C. The van der Waals surface area contributed by atoms with Crippen molar-refractivity contribution in [1.29, 1.82) is 0 Å². The van der Waals surface area contributed by atoms with E-state index in [4.69, 9.17) is 38.7 Å². The van der Waals surface area contributed by atoms with Gasteiger partial charge < -0.3 is 9.71 Å². The molecule has 0 spiro atoms. The normalized spacial score (nSPS) is 20.9. The molecule has 2 heterocycles. The predicted molar refractivity (Wildman–Crippen MR) is 117 cm³/mol. The Hall–Kier alpha value is -0.791. The maximum Gasteiger partial charge on any atom is 0.242 e. The van der Waals surface area contributed by atoms with Gasteiger partial charge in [-0.05, 0) is 19.1 Å². The van der Waals surface area contributed by atoms with Crippen LogP contribution in [0.4, 0.5) is 11.4 Å². The topological polar surface area (TPSA) is 6.48 Å². The van der Waals surface area contributed by atoms with Crippen LogP contribution in [0.25, 0.3) is 0 Å². The molecular formula is C12H14B10N2. The summed E-state index contributed by atoms with van der Waals surface area (Å²) >= 11 is 0. The van der Waals surface area contributed by atoms with E-state index in [1.807, 2.05) is 0 Å². The van der Waals surface area contributed by atoms with Crippen molar-refractivity contribution < 1.29 is 0 Å². The summed E-state index contributed by atoms with van der Waals surface area (Å²) in [6.45, 7) is 3.73. The molecule has 10 radical (unpaired) electrons. The number of hydrogen-bond acceptors (Lipinski definition) is 2. The average Bonchev–Trinajstić information content (AvgIpc) is 3.09. The van der Waals surface area contributed by atoms with Gasteiger partial charge in [0.25, 0.3) is 0 Å². The molecule has 24 heavy (non-hydrogen) atoms. The minimum Gasteiger partial charge on any atom is -0.398 e. The van der Waals surface area contributed by atoms with E-state index >= 15 is 0 Å². The molecule has 2 aliphatic heterocycles. The van der Waals surface area contributed by atoms with Crippen molar-refractivity contribution in [3.05, 3.63) is 35.0 Å². The monoisotopic (exact) mass is 296 g/mol. The fraction of sp³-hybridized carbons (Fsp3) is 0.333. The molecular weight excluding hydrogens is 280 g/mol. The number of anilines is 2. The van der Waals surface area contributed by atoms with Gasteiger partial charge >= 0.3 is 0 Å². The number of nitrogens with zero attached hydrogens (tertiary/aromatic N) is 2. The summed E-state index contributed by atoms with van der Waals surface area (Å²) in [7, 11) is 31.9. The van der Waals surface area contributed by atoms with Gasteiger partial charge in [0.15, 0.2) is 6.60 Å². The Morgan fingerprint density at radius 3 is 2.21 bits per heavy atom. The minimum atomic E-state index is -0.679. The van der Waals surface area contributed by atoms with Crippen LogP contribution in [0.3, 0.4) is 0 Å². The van der Waals surface area contributed by atoms with Gasteiger partial charge in [-0.3, -0.25) is 0 Å². The summed E-state index contributed by atoms with van der Waals surface area (Å²) in [6, 6.07) is 8.41. The lowest BCUT2D eigenvalue weighted by Gasteiger charge is -2.29. The molecule has 1 aromatic rings. The van der Waals surface area contributed by atoms with Crippen LogP contribution in [0.5, 0.6) is 0 Å². The summed E-state index contributed by atoms with van der Waals surface area (Å²) in [4.78, 5) is 4.68. The molecule has 1 saturated heterocycles. The quantitative estimate of drug-likeness (QED) is 0.647. The third-order valence-electron chi connectivity index (χ3n) is 5.44. The highest BCUT2D eigenvalue weighted by molar-refractivity contribution is 7.71. The summed E-state index contributed by atoms with van der Waals surface area (Å²) in [5.74, 6) is 0. The standard InChI is InChI=1S/C12H14B10N2/c1-8-23(3)9-6-4-5-7-10(9)24(8)21-11(18(21)2)12(19(13)14)20(15)22(16)17/h4-8H,1-3H3/b12-11-/t8-/m0/s1. The highest BCUT2D eigenvalue weighted by Gasteiger charge is 2.56. The molecule has 0 aromatic heterocycles. The summed E-state index contributed by atoms with van der Waals surface area (Å²) in [5.41, 5.74) is 2.44. The molecule has 102 valence electrons. The minimum absolute atomic E-state index is 0.223. The Balaban J connectivity index is 2.01. The first kappa shape index (κ1) is 18.0. The van der Waals surface area contributed by atoms with E-state index in [0.29, 0.717) is 6.60 Å². The second-order valence-electron chi connectivity index (χ2n) is 6.91. The molecule has 0 saturated carbocycles. The van der Waals surface area contributed by atoms with Crippen molar-refractivity contribution in [2.24, 2.45) is 0 Å². The lowest BCUT2D eigenvalue weighted by molar-refractivity contribution is 0.757. The molecule has 0 amide bonds. The second kappa shape index (κ2) is 6.50. The van der Waals surface area contributed by atoms with Gasteiger partial charge in [0, 0.05) is 57.8 Å². The molecule has 0 aliphatic carbocycles. The predicted octanol–water partition coefficient (Wildman–Crippen LogP) is -1.16. The van der Waals surface area contributed by atoms with Crippen molar-refractivity contribution in [3.8, 4) is 0 Å². The molecule has 12 heteroatoms. The number of hydrogen-bond donors (Lipinski definition) is 0. The van der Waals surface area contributed by atoms with Crippen LogP contribution in [-0.4, -0.2) is 84.6 Å². The number of rotatable bonds is 4. The van der Waals surface area contributed by atoms with E-state index in [0.717, 1.165) is 5.37 Å². The lowest BCUT2D eigenvalue weighted by atomic mass is 8.81. The van der Waals surface area contributed by atoms with Crippen LogP contribution in [0.2, 0.25) is 6.82 Å². The van der Waals surface area contributed by atoms with Crippen LogP contribution < -0.4 is 9.71 Å². The van der Waals surface area contributed by atoms with Gasteiger partial charge in [-0.2, -0.15) is 5.37 Å². The Kier molecular flexibility index (Phi) is 4.88. The Morgan fingerprint density at radius 1 is 1.08 bits per heavy atom. The van der Waals surface area contributed by atoms with Gasteiger partial charge in [-0.25, -0.2) is 0 Å². The zero-order chi connectivity index (χ0) is 17.8. The summed E-state index contributed by atoms with van der Waals surface area (Å²) in [5, 5.41) is 1.97. The van der Waals surface area contributed by atoms with Gasteiger partial charge in [-0.15, -0.1) is 5.37 Å². The zero-order valence-corrected chi connectivity index (χ0v) is 14.6. The molecule has 0 bridgehead atoms. The highest BCUT2D eigenvalue weighted by Crippen LogP contribution is 2.45. The van der Waals surface area contributed by atoms with Crippen molar-refractivity contribution >= 4 is 82.8 Å². The Bertz CT molecular complexity index is 665. The lowest BCUT2D eigenvalue weighted by Crippen LogP contribution is -2.47. The van der Waals surface area contributed by atoms with E-state index in [2.05, 4.69) is 54.8 Å². The van der Waals surface area contributed by atoms with Crippen molar-refractivity contribution in [2.45, 2.75) is 19.9 Å². The van der Waals surface area contributed by atoms with Gasteiger partial charge in [0.1, 0.15) is 0 Å². The summed E-state index contributed by atoms with van der Waals surface area (Å²) in [6.07, 6.45) is -0.438. The van der Waals surface area contributed by atoms with Gasteiger partial charge in [0.05, 0.1) is 24.8 Å². The van der Waals surface area contributed by atoms with Gasteiger partial charge in [-0.1, -0.05) is 19.0 Å². The largest absolute Gasteiger partial charge is 0.398 e. The highest BCUT2D eigenvalue weighted by atomic mass is 15.4. The molecule has 0 N–H and O–H groups in total. The number of fused-ring (bicyclic) bond motifs is 1. The third-order valence-corrected chi connectivity index (χ3v) is 5.44. The first-order chi connectivity index (χ1) is 11.3. The average molecular weight is 294 g/mol. The van der Waals surface area contributed by atoms with Crippen molar-refractivity contribution in [1.82, 2.24) is 0 Å². The number of benzene rings is 1. The molecule has 1 fully saturated rings. The molecule has 1 aromatic carbocycles. The molecule has 2 nitrogen and oxygen atoms in total. The molecule has 0 unspecified atom stereocenters. The van der Waals surface area contributed by atoms with Gasteiger partial charge in [0.2, 0.25) is 6.74 Å². The van der Waals surface area contributed by atoms with Crippen LogP contribution in [0.15, 0.2) is 35.0 Å². The first-order valence-corrected chi connectivity index (χ1v) is 8.39. The number of para-hydroxylation sites is 2. The maximum absolute atomic E-state index is 6.19. The Labute approximate surface area is 154 Å². The van der Waals surface area contributed by atoms with Crippen LogP contribution >= 0.6 is 0 Å². The first-order valence-electron chi connectivity index (χ1n) is 8.39. The van der Waals surface area contributed by atoms with Crippen molar-refractivity contribution in [2.75, 3.05) is 16.8 Å². The molecule has 1 atom stereocenters. The smallest absolute Gasteiger partial charge is 0.242 e. The zero-order valence-electron chi connectivity index (χ0n) is 14.6. The van der Waals surface area contributed by atoms with E-state index in [1.54, 1.807) is 0 Å². The fourth-order valence-electron chi connectivity index (χ4n) is 3.97. The van der Waals surface area contributed by atoms with E-state index < -0.39 is 19.4 Å².